The van der Waals surface area contributed by atoms with E-state index in [9.17, 15) is 0 Å². The van der Waals surface area contributed by atoms with Crippen molar-refractivity contribution in [3.8, 4) is 17.3 Å². The van der Waals surface area contributed by atoms with E-state index in [-0.39, 0.29) is 34.5 Å². The molecular weight excluding hydrogens is 426 g/mol. The lowest BCUT2D eigenvalue weighted by Crippen LogP contribution is -2.51. The lowest BCUT2D eigenvalue weighted by atomic mass is 9.96. The zero-order valence-electron chi connectivity index (χ0n) is 18.7. The molecule has 2 aromatic heterocycles. The van der Waals surface area contributed by atoms with Crippen LogP contribution in [0, 0.1) is 18.6 Å². The summed E-state index contributed by atoms with van der Waals surface area (Å²) in [5.74, 6) is -0.465. The highest BCUT2D eigenvalue weighted by molar-refractivity contribution is 5.94. The number of nitrogen functional groups attached to an aromatic ring is 1. The smallest absolute Gasteiger partial charge is 0.318 e. The highest BCUT2D eigenvalue weighted by atomic mass is 19.1. The molecule has 172 valence electrons. The number of aryl methyl sites for hydroxylation is 1. The van der Waals surface area contributed by atoms with E-state index in [0.29, 0.717) is 23.3 Å². The summed E-state index contributed by atoms with van der Waals surface area (Å²) in [5, 5.41) is 3.91. The van der Waals surface area contributed by atoms with Crippen molar-refractivity contribution >= 4 is 22.5 Å². The van der Waals surface area contributed by atoms with E-state index in [0.717, 1.165) is 49.9 Å². The van der Waals surface area contributed by atoms with Crippen LogP contribution >= 0.6 is 0 Å². The summed E-state index contributed by atoms with van der Waals surface area (Å²) < 4.78 is 37.0. The highest BCUT2D eigenvalue weighted by Gasteiger charge is 2.35. The summed E-state index contributed by atoms with van der Waals surface area (Å²) >= 11 is 0. The molecule has 1 aliphatic carbocycles. The van der Waals surface area contributed by atoms with Gasteiger partial charge in [-0.1, -0.05) is 0 Å². The van der Waals surface area contributed by atoms with Crippen LogP contribution in [-0.2, 0) is 0 Å². The van der Waals surface area contributed by atoms with Crippen LogP contribution in [0.2, 0.25) is 0 Å². The van der Waals surface area contributed by atoms with Gasteiger partial charge in [-0.25, -0.2) is 13.8 Å². The summed E-state index contributed by atoms with van der Waals surface area (Å²) in [6, 6.07) is 3.84. The van der Waals surface area contributed by atoms with Gasteiger partial charge in [0.1, 0.15) is 23.0 Å². The number of nitrogens with zero attached hydrogens (tertiary/aromatic N) is 4. The van der Waals surface area contributed by atoms with E-state index >= 15 is 8.78 Å². The molecule has 2 bridgehead atoms. The fourth-order valence-corrected chi connectivity index (χ4v) is 5.47. The van der Waals surface area contributed by atoms with Crippen LogP contribution in [0.1, 0.15) is 42.7 Å². The molecule has 1 saturated carbocycles. The van der Waals surface area contributed by atoms with E-state index in [1.54, 1.807) is 6.07 Å². The molecule has 0 spiro atoms. The summed E-state index contributed by atoms with van der Waals surface area (Å²) in [6.07, 6.45) is 4.11. The van der Waals surface area contributed by atoms with Crippen molar-refractivity contribution in [1.29, 1.82) is 0 Å². The lowest BCUT2D eigenvalue weighted by molar-refractivity contribution is 0.380. The summed E-state index contributed by atoms with van der Waals surface area (Å²) in [6.45, 7) is 3.35. The number of anilines is 2. The first-order valence-electron chi connectivity index (χ1n) is 11.4. The second-order valence-corrected chi connectivity index (χ2v) is 9.42. The summed E-state index contributed by atoms with van der Waals surface area (Å²) in [7, 11) is 1.45. The Kier molecular flexibility index (Phi) is 4.65. The Bertz CT molecular complexity index is 1270. The predicted octanol–water partition coefficient (Wildman–Crippen LogP) is 3.69. The van der Waals surface area contributed by atoms with Gasteiger partial charge < -0.3 is 20.7 Å². The average Bonchev–Trinajstić information content (AvgIpc) is 3.56. The molecule has 3 aliphatic rings. The van der Waals surface area contributed by atoms with Crippen LogP contribution in [0.15, 0.2) is 12.1 Å². The Balaban J connectivity index is 1.57. The van der Waals surface area contributed by atoms with Gasteiger partial charge in [-0.2, -0.15) is 9.97 Å². The van der Waals surface area contributed by atoms with Crippen molar-refractivity contribution < 1.29 is 13.5 Å². The number of fused-ring (bicyclic) bond motifs is 3. The van der Waals surface area contributed by atoms with Crippen LogP contribution in [0.25, 0.3) is 22.2 Å². The molecular formula is C24H26F2N6O. The predicted molar refractivity (Wildman–Crippen MR) is 123 cm³/mol. The van der Waals surface area contributed by atoms with E-state index in [1.807, 2.05) is 6.92 Å². The number of nitrogens with two attached hydrogens (primary N) is 1. The number of hydrogen-bond acceptors (Lipinski definition) is 7. The molecule has 3 fully saturated rings. The molecule has 6 rings (SSSR count). The van der Waals surface area contributed by atoms with E-state index in [4.69, 9.17) is 10.5 Å². The topological polar surface area (TPSA) is 89.2 Å². The second kappa shape index (κ2) is 7.48. The van der Waals surface area contributed by atoms with Crippen molar-refractivity contribution in [2.45, 2.75) is 50.6 Å². The zero-order valence-corrected chi connectivity index (χ0v) is 18.7. The monoisotopic (exact) mass is 452 g/mol. The molecule has 0 radical (unpaired) electrons. The van der Waals surface area contributed by atoms with Crippen LogP contribution in [0.5, 0.6) is 6.01 Å². The largest absolute Gasteiger partial charge is 0.467 e. The quantitative estimate of drug-likeness (QED) is 0.624. The minimum absolute atomic E-state index is 0.0303. The second-order valence-electron chi connectivity index (χ2n) is 9.42. The van der Waals surface area contributed by atoms with E-state index in [1.165, 1.54) is 13.2 Å². The molecule has 1 aromatic carbocycles. The van der Waals surface area contributed by atoms with Gasteiger partial charge in [-0.15, -0.1) is 0 Å². The number of methoxy groups -OCH3 is 1. The van der Waals surface area contributed by atoms with Crippen LogP contribution < -0.4 is 20.7 Å². The molecule has 2 aliphatic heterocycles. The van der Waals surface area contributed by atoms with Gasteiger partial charge in [0.2, 0.25) is 0 Å². The number of nitrogens with one attached hydrogen (secondary N) is 1. The normalized spacial score (nSPS) is 22.2. The number of benzene rings is 1. The fourth-order valence-electron chi connectivity index (χ4n) is 5.47. The number of piperazine rings is 1. The molecule has 9 heteroatoms. The van der Waals surface area contributed by atoms with E-state index < -0.39 is 11.6 Å². The molecule has 2 atom stereocenters. The van der Waals surface area contributed by atoms with Crippen molar-refractivity contribution in [3.63, 3.8) is 0 Å². The fraction of sp³-hybridized carbons (Fsp3) is 0.458. The minimum Gasteiger partial charge on any atom is -0.467 e. The number of aromatic nitrogens is 3. The maximum absolute atomic E-state index is 16.1. The van der Waals surface area contributed by atoms with Crippen molar-refractivity contribution in [3.05, 3.63) is 34.9 Å². The first-order valence-corrected chi connectivity index (χ1v) is 11.4. The number of ether oxygens (including phenoxy) is 1. The molecule has 2 unspecified atom stereocenters. The average molecular weight is 453 g/mol. The van der Waals surface area contributed by atoms with Gasteiger partial charge in [0.25, 0.3) is 0 Å². The van der Waals surface area contributed by atoms with Gasteiger partial charge in [0.05, 0.1) is 18.4 Å². The van der Waals surface area contributed by atoms with Crippen LogP contribution in [0.4, 0.5) is 20.4 Å². The van der Waals surface area contributed by atoms with Gasteiger partial charge in [0, 0.05) is 30.6 Å². The highest BCUT2D eigenvalue weighted by Crippen LogP contribution is 2.47. The Morgan fingerprint density at radius 1 is 1.06 bits per heavy atom. The number of halogens is 2. The molecule has 0 amide bonds. The molecule has 4 heterocycles. The van der Waals surface area contributed by atoms with Gasteiger partial charge >= 0.3 is 6.01 Å². The van der Waals surface area contributed by atoms with Gasteiger partial charge in [-0.3, -0.25) is 0 Å². The first-order chi connectivity index (χ1) is 15.9. The lowest BCUT2D eigenvalue weighted by Gasteiger charge is -2.34. The van der Waals surface area contributed by atoms with Crippen molar-refractivity contribution in [2.75, 3.05) is 30.8 Å². The summed E-state index contributed by atoms with van der Waals surface area (Å²) in [4.78, 5) is 15.3. The molecule has 33 heavy (non-hydrogen) atoms. The zero-order chi connectivity index (χ0) is 22.9. The SMILES string of the molecule is COc1nc(N2CC3CCC(C2)N3)c2cc(F)c(-c3nc(N)cc(C)c3C3CC3)c(F)c2n1. The Hall–Kier alpha value is -3.07. The molecule has 3 aromatic rings. The Labute approximate surface area is 190 Å². The maximum atomic E-state index is 16.1. The van der Waals surface area contributed by atoms with Gasteiger partial charge in [0.15, 0.2) is 5.82 Å². The van der Waals surface area contributed by atoms with Crippen molar-refractivity contribution in [1.82, 2.24) is 20.3 Å². The standard InChI is InChI=1S/C24H26F2N6O/c1-11-7-17(27)29-22(18(11)12-3-4-12)19-16(25)8-15-21(20(19)26)30-24(33-2)31-23(15)32-9-13-5-6-14(10-32)28-13/h7-8,12-14,28H,3-6,9-10H2,1-2H3,(H2,27,29). The Morgan fingerprint density at radius 3 is 2.45 bits per heavy atom. The third kappa shape index (κ3) is 3.37. The third-order valence-electron chi connectivity index (χ3n) is 7.05. The molecule has 2 saturated heterocycles. The van der Waals surface area contributed by atoms with Crippen molar-refractivity contribution in [2.24, 2.45) is 0 Å². The summed E-state index contributed by atoms with van der Waals surface area (Å²) in [5.41, 5.74) is 7.86. The van der Waals surface area contributed by atoms with Crippen LogP contribution in [-0.4, -0.2) is 47.2 Å². The number of hydrogen-bond donors (Lipinski definition) is 2. The Morgan fingerprint density at radius 2 is 1.79 bits per heavy atom. The number of pyridine rings is 1. The van der Waals surface area contributed by atoms with Crippen LogP contribution in [0.3, 0.4) is 0 Å². The third-order valence-corrected chi connectivity index (χ3v) is 7.05. The first kappa shape index (κ1) is 20.5. The van der Waals surface area contributed by atoms with E-state index in [2.05, 4.69) is 25.2 Å². The molecule has 7 nitrogen and oxygen atoms in total. The number of rotatable bonds is 4. The maximum Gasteiger partial charge on any atom is 0.318 e. The minimum atomic E-state index is -0.760. The molecule has 3 N–H and O–H groups in total. The van der Waals surface area contributed by atoms with Gasteiger partial charge in [-0.05, 0) is 61.8 Å².